The Kier molecular flexibility index (Phi) is 20.1. The molecule has 0 unspecified atom stereocenters. The number of carboxylic acids is 1. The minimum Gasteiger partial charge on any atom is -0.481 e. The lowest BCUT2D eigenvalue weighted by Gasteiger charge is -1.98. The van der Waals surface area contributed by atoms with Crippen LogP contribution in [0.25, 0.3) is 0 Å². The summed E-state index contributed by atoms with van der Waals surface area (Å²) in [7, 11) is 0. The van der Waals surface area contributed by atoms with Crippen molar-refractivity contribution >= 4 is 12.0 Å². The minimum absolute atomic E-state index is 0.331. The van der Waals surface area contributed by atoms with Crippen molar-refractivity contribution in [2.75, 3.05) is 0 Å². The molecule has 22 heavy (non-hydrogen) atoms. The third kappa shape index (κ3) is 31.1. The van der Waals surface area contributed by atoms with E-state index in [9.17, 15) is 4.79 Å². The number of carbonyl (C=O) groups excluding carboxylic acids is 1. The first-order valence-electron chi connectivity index (χ1n) is 8.42. The number of urea groups is 1. The van der Waals surface area contributed by atoms with Crippen LogP contribution in [-0.4, -0.2) is 17.1 Å². The Morgan fingerprint density at radius 1 is 0.818 bits per heavy atom. The molecule has 5 nitrogen and oxygen atoms in total. The smallest absolute Gasteiger partial charge is 0.309 e. The van der Waals surface area contributed by atoms with Crippen molar-refractivity contribution in [2.24, 2.45) is 11.5 Å². The average Bonchev–Trinajstić information content (AvgIpc) is 2.43. The van der Waals surface area contributed by atoms with Gasteiger partial charge < -0.3 is 16.6 Å². The van der Waals surface area contributed by atoms with Crippen LogP contribution < -0.4 is 11.5 Å². The van der Waals surface area contributed by atoms with Crippen molar-refractivity contribution in [1.29, 1.82) is 0 Å². The van der Waals surface area contributed by atoms with Gasteiger partial charge in [-0.3, -0.25) is 4.79 Å². The van der Waals surface area contributed by atoms with Gasteiger partial charge in [0.25, 0.3) is 0 Å². The Labute approximate surface area is 135 Å². The second-order valence-electron chi connectivity index (χ2n) is 5.42. The summed E-state index contributed by atoms with van der Waals surface area (Å²) in [5.74, 6) is -0.666. The molecule has 0 aliphatic rings. The number of hydrogen-bond donors (Lipinski definition) is 3. The molecule has 0 aromatic carbocycles. The summed E-state index contributed by atoms with van der Waals surface area (Å²) in [5.41, 5.74) is 8.50. The highest BCUT2D eigenvalue weighted by molar-refractivity contribution is 5.69. The first kappa shape index (κ1) is 22.8. The van der Waals surface area contributed by atoms with Crippen LogP contribution in [0.2, 0.25) is 0 Å². The van der Waals surface area contributed by atoms with Gasteiger partial charge in [-0.15, -0.1) is 0 Å². The highest BCUT2D eigenvalue weighted by atomic mass is 16.4. The lowest BCUT2D eigenvalue weighted by molar-refractivity contribution is -0.137. The molecule has 0 aromatic rings. The van der Waals surface area contributed by atoms with E-state index in [0.29, 0.717) is 6.42 Å². The van der Waals surface area contributed by atoms with E-state index in [1.807, 2.05) is 0 Å². The van der Waals surface area contributed by atoms with E-state index in [0.717, 1.165) is 12.8 Å². The van der Waals surface area contributed by atoms with Gasteiger partial charge in [0.15, 0.2) is 0 Å². The first-order chi connectivity index (χ1) is 10.5. The Hall–Kier alpha value is -1.52. The van der Waals surface area contributed by atoms with E-state index in [4.69, 9.17) is 9.90 Å². The molecule has 0 atom stereocenters. The number of allylic oxidation sites excluding steroid dienone is 2. The summed E-state index contributed by atoms with van der Waals surface area (Å²) in [6.45, 7) is 2.24. The first-order valence-corrected chi connectivity index (χ1v) is 8.42. The SMILES string of the molecule is CCCCCCC=CCCCCCCCC(=O)O.NC(N)=O. The predicted octanol–water partition coefficient (Wildman–Crippen LogP) is 4.35. The van der Waals surface area contributed by atoms with Gasteiger partial charge in [-0.2, -0.15) is 0 Å². The fraction of sp³-hybridized carbons (Fsp3) is 0.765. The van der Waals surface area contributed by atoms with Gasteiger partial charge in [-0.1, -0.05) is 57.6 Å². The predicted molar refractivity (Wildman–Crippen MR) is 91.6 cm³/mol. The van der Waals surface area contributed by atoms with Gasteiger partial charge in [0.05, 0.1) is 0 Å². The van der Waals surface area contributed by atoms with Crippen LogP contribution in [0.15, 0.2) is 12.2 Å². The number of carboxylic acid groups (broad SMARTS) is 1. The number of primary amides is 2. The van der Waals surface area contributed by atoms with Crippen LogP contribution in [0.1, 0.15) is 84.0 Å². The molecule has 0 saturated carbocycles. The van der Waals surface area contributed by atoms with Crippen molar-refractivity contribution in [2.45, 2.75) is 84.0 Å². The highest BCUT2D eigenvalue weighted by Crippen LogP contribution is 2.08. The number of hydrogen-bond acceptors (Lipinski definition) is 2. The van der Waals surface area contributed by atoms with Gasteiger partial charge in [0, 0.05) is 6.42 Å². The fourth-order valence-corrected chi connectivity index (χ4v) is 1.99. The van der Waals surface area contributed by atoms with Crippen LogP contribution >= 0.6 is 0 Å². The van der Waals surface area contributed by atoms with Gasteiger partial charge in [-0.25, -0.2) is 4.79 Å². The van der Waals surface area contributed by atoms with Crippen molar-refractivity contribution < 1.29 is 14.7 Å². The molecule has 0 aromatic heterocycles. The number of amides is 2. The van der Waals surface area contributed by atoms with Crippen LogP contribution in [-0.2, 0) is 4.79 Å². The molecule has 0 heterocycles. The van der Waals surface area contributed by atoms with Crippen LogP contribution in [0.5, 0.6) is 0 Å². The van der Waals surface area contributed by atoms with Crippen LogP contribution in [0.4, 0.5) is 4.79 Å². The molecular formula is C17H34N2O3. The second kappa shape index (κ2) is 19.5. The van der Waals surface area contributed by atoms with E-state index in [1.54, 1.807) is 0 Å². The summed E-state index contributed by atoms with van der Waals surface area (Å²) < 4.78 is 0. The maximum Gasteiger partial charge on any atom is 0.309 e. The number of nitrogens with two attached hydrogens (primary N) is 2. The van der Waals surface area contributed by atoms with E-state index in [-0.39, 0.29) is 0 Å². The van der Waals surface area contributed by atoms with Crippen molar-refractivity contribution in [3.8, 4) is 0 Å². The summed E-state index contributed by atoms with van der Waals surface area (Å²) in [5, 5.41) is 8.48. The van der Waals surface area contributed by atoms with E-state index >= 15 is 0 Å². The largest absolute Gasteiger partial charge is 0.481 e. The average molecular weight is 314 g/mol. The Balaban J connectivity index is 0. The summed E-state index contributed by atoms with van der Waals surface area (Å²) >= 11 is 0. The molecule has 0 spiro atoms. The van der Waals surface area contributed by atoms with E-state index in [1.165, 1.54) is 57.8 Å². The van der Waals surface area contributed by atoms with Crippen LogP contribution in [0.3, 0.4) is 0 Å². The monoisotopic (exact) mass is 314 g/mol. The Bertz CT molecular complexity index is 288. The summed E-state index contributed by atoms with van der Waals surface area (Å²) in [4.78, 5) is 19.3. The zero-order valence-electron chi connectivity index (χ0n) is 14.1. The standard InChI is InChI=1S/C16H30O2.CH4N2O/c1-2-3-4-5-6-7-8-9-10-11-12-13-14-15-16(17)18;2-1(3)4/h7-8H,2-6,9-15H2,1H3,(H,17,18);(H4,2,3,4). The third-order valence-corrected chi connectivity index (χ3v) is 3.15. The summed E-state index contributed by atoms with van der Waals surface area (Å²) in [6.07, 6.45) is 18.3. The number of unbranched alkanes of at least 4 members (excludes halogenated alkanes) is 9. The maximum absolute atomic E-state index is 10.3. The number of carbonyl (C=O) groups is 2. The minimum atomic E-state index is -0.833. The van der Waals surface area contributed by atoms with Crippen LogP contribution in [0, 0.1) is 0 Å². The molecule has 0 aliphatic heterocycles. The van der Waals surface area contributed by atoms with Gasteiger partial charge in [0.2, 0.25) is 0 Å². The fourth-order valence-electron chi connectivity index (χ4n) is 1.99. The Morgan fingerprint density at radius 3 is 1.68 bits per heavy atom. The molecule has 2 amide bonds. The lowest BCUT2D eigenvalue weighted by Crippen LogP contribution is -2.18. The third-order valence-electron chi connectivity index (χ3n) is 3.15. The zero-order valence-corrected chi connectivity index (χ0v) is 14.1. The Morgan fingerprint density at radius 2 is 1.23 bits per heavy atom. The van der Waals surface area contributed by atoms with Crippen molar-refractivity contribution in [3.63, 3.8) is 0 Å². The number of rotatable bonds is 13. The molecule has 130 valence electrons. The molecule has 0 bridgehead atoms. The topological polar surface area (TPSA) is 106 Å². The van der Waals surface area contributed by atoms with Crippen molar-refractivity contribution in [1.82, 2.24) is 0 Å². The molecule has 0 rings (SSSR count). The molecule has 5 N–H and O–H groups in total. The normalized spacial score (nSPS) is 10.2. The highest BCUT2D eigenvalue weighted by Gasteiger charge is 1.95. The van der Waals surface area contributed by atoms with Crippen molar-refractivity contribution in [3.05, 3.63) is 12.2 Å². The quantitative estimate of drug-likeness (QED) is 0.347. The summed E-state index contributed by atoms with van der Waals surface area (Å²) in [6, 6.07) is -0.833. The van der Waals surface area contributed by atoms with Gasteiger partial charge in [-0.05, 0) is 32.1 Å². The molecule has 0 saturated heterocycles. The molecule has 0 radical (unpaired) electrons. The zero-order chi connectivity index (χ0) is 17.1. The molecule has 5 heteroatoms. The van der Waals surface area contributed by atoms with Gasteiger partial charge in [0.1, 0.15) is 0 Å². The number of aliphatic carboxylic acids is 1. The molecular weight excluding hydrogens is 280 g/mol. The molecule has 0 fully saturated rings. The van der Waals surface area contributed by atoms with E-state index < -0.39 is 12.0 Å². The second-order valence-corrected chi connectivity index (χ2v) is 5.42. The lowest BCUT2D eigenvalue weighted by atomic mass is 10.1. The van der Waals surface area contributed by atoms with E-state index in [2.05, 4.69) is 30.5 Å². The van der Waals surface area contributed by atoms with Gasteiger partial charge >= 0.3 is 12.0 Å². The maximum atomic E-state index is 10.3. The molecule has 0 aliphatic carbocycles.